The molecule has 0 bridgehead atoms. The van der Waals surface area contributed by atoms with Crippen LogP contribution in [0.2, 0.25) is 0 Å². The fourth-order valence-corrected chi connectivity index (χ4v) is 3.79. The summed E-state index contributed by atoms with van der Waals surface area (Å²) in [5, 5.41) is 3.01. The normalized spacial score (nSPS) is 11.3. The standard InChI is InChI=1S/C23H34/c1-5-8-13-19-18(4)20-16-11-12-17-22(20)23(15-10-7-3)21(19)14-9-6-2/h11-12,16-17H,5-10,13-15H2,1-4H3. The molecule has 0 aliphatic heterocycles. The van der Waals surface area contributed by atoms with Crippen LogP contribution in [0.25, 0.3) is 10.8 Å². The Morgan fingerprint density at radius 2 is 1.09 bits per heavy atom. The van der Waals surface area contributed by atoms with Crippen molar-refractivity contribution in [1.29, 1.82) is 0 Å². The first-order chi connectivity index (χ1) is 11.2. The largest absolute Gasteiger partial charge is 0.0654 e. The number of aryl methyl sites for hydroxylation is 2. The van der Waals surface area contributed by atoms with Crippen LogP contribution >= 0.6 is 0 Å². The molecule has 0 aromatic heterocycles. The quantitative estimate of drug-likeness (QED) is 0.460. The molecule has 0 fully saturated rings. The van der Waals surface area contributed by atoms with Crippen molar-refractivity contribution in [3.8, 4) is 0 Å². The van der Waals surface area contributed by atoms with Crippen molar-refractivity contribution in [2.75, 3.05) is 0 Å². The highest BCUT2D eigenvalue weighted by Crippen LogP contribution is 2.33. The zero-order valence-electron chi connectivity index (χ0n) is 15.7. The van der Waals surface area contributed by atoms with Crippen LogP contribution in [0.5, 0.6) is 0 Å². The molecule has 0 heteroatoms. The van der Waals surface area contributed by atoms with Crippen molar-refractivity contribution < 1.29 is 0 Å². The molecule has 0 aliphatic carbocycles. The van der Waals surface area contributed by atoms with Crippen LogP contribution in [-0.4, -0.2) is 0 Å². The van der Waals surface area contributed by atoms with Crippen molar-refractivity contribution in [1.82, 2.24) is 0 Å². The van der Waals surface area contributed by atoms with Gasteiger partial charge in [0.15, 0.2) is 0 Å². The lowest BCUT2D eigenvalue weighted by Gasteiger charge is -2.21. The third-order valence-corrected chi connectivity index (χ3v) is 5.18. The van der Waals surface area contributed by atoms with Gasteiger partial charge in [0.1, 0.15) is 0 Å². The Bertz CT molecular complexity index is 621. The molecular weight excluding hydrogens is 276 g/mol. The van der Waals surface area contributed by atoms with Crippen molar-refractivity contribution in [3.05, 3.63) is 46.5 Å². The SMILES string of the molecule is CCCCc1c(CCCC)c(CCCC)c2ccccc2c1C. The van der Waals surface area contributed by atoms with E-state index in [1.54, 1.807) is 22.3 Å². The second kappa shape index (κ2) is 9.11. The van der Waals surface area contributed by atoms with E-state index in [-0.39, 0.29) is 0 Å². The van der Waals surface area contributed by atoms with Gasteiger partial charge in [0.05, 0.1) is 0 Å². The van der Waals surface area contributed by atoms with E-state index in [1.165, 1.54) is 68.6 Å². The first-order valence-electron chi connectivity index (χ1n) is 9.76. The molecule has 0 aliphatic rings. The average molecular weight is 311 g/mol. The van der Waals surface area contributed by atoms with E-state index in [4.69, 9.17) is 0 Å². The van der Waals surface area contributed by atoms with Gasteiger partial charge in [0.25, 0.3) is 0 Å². The summed E-state index contributed by atoms with van der Waals surface area (Å²) < 4.78 is 0. The minimum absolute atomic E-state index is 1.25. The minimum atomic E-state index is 1.25. The van der Waals surface area contributed by atoms with Gasteiger partial charge in [-0.2, -0.15) is 0 Å². The molecule has 2 rings (SSSR count). The maximum absolute atomic E-state index is 2.35. The molecule has 2 aromatic carbocycles. The van der Waals surface area contributed by atoms with E-state index in [1.807, 2.05) is 0 Å². The van der Waals surface area contributed by atoms with E-state index in [2.05, 4.69) is 52.0 Å². The molecular formula is C23H34. The van der Waals surface area contributed by atoms with Crippen LogP contribution in [-0.2, 0) is 19.3 Å². The minimum Gasteiger partial charge on any atom is -0.0654 e. The van der Waals surface area contributed by atoms with Gasteiger partial charge in [0, 0.05) is 0 Å². The zero-order valence-corrected chi connectivity index (χ0v) is 15.7. The monoisotopic (exact) mass is 310 g/mol. The Hall–Kier alpha value is -1.30. The van der Waals surface area contributed by atoms with Crippen LogP contribution < -0.4 is 0 Å². The molecule has 23 heavy (non-hydrogen) atoms. The van der Waals surface area contributed by atoms with Gasteiger partial charge < -0.3 is 0 Å². The van der Waals surface area contributed by atoms with Crippen molar-refractivity contribution in [2.24, 2.45) is 0 Å². The lowest BCUT2D eigenvalue weighted by Crippen LogP contribution is -2.06. The highest BCUT2D eigenvalue weighted by atomic mass is 14.2. The second-order valence-electron chi connectivity index (χ2n) is 6.92. The molecule has 2 aromatic rings. The molecule has 0 spiro atoms. The van der Waals surface area contributed by atoms with E-state index < -0.39 is 0 Å². The molecule has 0 nitrogen and oxygen atoms in total. The van der Waals surface area contributed by atoms with Crippen molar-refractivity contribution >= 4 is 10.8 Å². The Morgan fingerprint density at radius 1 is 0.609 bits per heavy atom. The fourth-order valence-electron chi connectivity index (χ4n) is 3.79. The van der Waals surface area contributed by atoms with Gasteiger partial charge >= 0.3 is 0 Å². The highest BCUT2D eigenvalue weighted by molar-refractivity contribution is 5.91. The Morgan fingerprint density at radius 3 is 1.65 bits per heavy atom. The topological polar surface area (TPSA) is 0 Å². The summed E-state index contributed by atoms with van der Waals surface area (Å²) in [6.07, 6.45) is 11.5. The smallest absolute Gasteiger partial charge is 0.0146 e. The molecule has 126 valence electrons. The number of unbranched alkanes of at least 4 members (excludes halogenated alkanes) is 3. The fraction of sp³-hybridized carbons (Fsp3) is 0.565. The molecule has 0 saturated heterocycles. The predicted octanol–water partition coefficient (Wildman–Crippen LogP) is 7.18. The van der Waals surface area contributed by atoms with Gasteiger partial charge in [-0.15, -0.1) is 0 Å². The summed E-state index contributed by atoms with van der Waals surface area (Å²) >= 11 is 0. The first kappa shape index (κ1) is 18.0. The lowest BCUT2D eigenvalue weighted by molar-refractivity contribution is 0.736. The van der Waals surface area contributed by atoms with E-state index in [0.717, 1.165) is 0 Å². The zero-order chi connectivity index (χ0) is 16.7. The van der Waals surface area contributed by atoms with Crippen LogP contribution in [0, 0.1) is 6.92 Å². The summed E-state index contributed by atoms with van der Waals surface area (Å²) in [5.74, 6) is 0. The molecule has 0 N–H and O–H groups in total. The van der Waals surface area contributed by atoms with Crippen LogP contribution in [0.1, 0.15) is 81.5 Å². The second-order valence-corrected chi connectivity index (χ2v) is 6.92. The van der Waals surface area contributed by atoms with Crippen LogP contribution in [0.4, 0.5) is 0 Å². The number of hydrogen-bond donors (Lipinski definition) is 0. The first-order valence-corrected chi connectivity index (χ1v) is 9.76. The summed E-state index contributed by atoms with van der Waals surface area (Å²) in [5.41, 5.74) is 6.57. The van der Waals surface area contributed by atoms with Gasteiger partial charge in [0.2, 0.25) is 0 Å². The molecule has 0 unspecified atom stereocenters. The van der Waals surface area contributed by atoms with Crippen LogP contribution in [0.15, 0.2) is 24.3 Å². The van der Waals surface area contributed by atoms with E-state index >= 15 is 0 Å². The average Bonchev–Trinajstić information content (AvgIpc) is 2.58. The summed E-state index contributed by atoms with van der Waals surface area (Å²) in [6.45, 7) is 9.28. The van der Waals surface area contributed by atoms with Gasteiger partial charge in [-0.1, -0.05) is 64.3 Å². The molecule has 0 atom stereocenters. The molecule has 0 radical (unpaired) electrons. The lowest BCUT2D eigenvalue weighted by atomic mass is 9.83. The maximum atomic E-state index is 2.35. The van der Waals surface area contributed by atoms with Gasteiger partial charge in [-0.3, -0.25) is 0 Å². The Labute approximate surface area is 143 Å². The van der Waals surface area contributed by atoms with Gasteiger partial charge in [-0.25, -0.2) is 0 Å². The summed E-state index contributed by atoms with van der Waals surface area (Å²) in [4.78, 5) is 0. The maximum Gasteiger partial charge on any atom is -0.0146 e. The Balaban J connectivity index is 2.64. The van der Waals surface area contributed by atoms with Crippen LogP contribution in [0.3, 0.4) is 0 Å². The number of rotatable bonds is 9. The van der Waals surface area contributed by atoms with Crippen molar-refractivity contribution in [3.63, 3.8) is 0 Å². The van der Waals surface area contributed by atoms with E-state index in [0.29, 0.717) is 0 Å². The predicted molar refractivity (Wildman–Crippen MR) is 105 cm³/mol. The molecule has 0 saturated carbocycles. The third kappa shape index (κ3) is 4.16. The van der Waals surface area contributed by atoms with Gasteiger partial charge in [-0.05, 0) is 78.5 Å². The summed E-state index contributed by atoms with van der Waals surface area (Å²) in [6, 6.07) is 9.10. The molecule has 0 heterocycles. The Kier molecular flexibility index (Phi) is 7.15. The summed E-state index contributed by atoms with van der Waals surface area (Å²) in [7, 11) is 0. The number of hydrogen-bond acceptors (Lipinski definition) is 0. The highest BCUT2D eigenvalue weighted by Gasteiger charge is 2.16. The number of fused-ring (bicyclic) bond motifs is 1. The molecule has 0 amide bonds. The third-order valence-electron chi connectivity index (χ3n) is 5.18. The van der Waals surface area contributed by atoms with Crippen molar-refractivity contribution in [2.45, 2.75) is 85.5 Å². The number of benzene rings is 2. The van der Waals surface area contributed by atoms with E-state index in [9.17, 15) is 0 Å².